The lowest BCUT2D eigenvalue weighted by atomic mass is 10.2. The van der Waals surface area contributed by atoms with Gasteiger partial charge in [0, 0.05) is 17.5 Å². The highest BCUT2D eigenvalue weighted by atomic mass is 127. The highest BCUT2D eigenvalue weighted by Gasteiger charge is 2.22. The maximum Gasteiger partial charge on any atom is 0.192 e. The van der Waals surface area contributed by atoms with Crippen molar-refractivity contribution >= 4 is 41.3 Å². The molecule has 0 amide bonds. The predicted molar refractivity (Wildman–Crippen MR) is 135 cm³/mol. The molecule has 1 aliphatic rings. The fourth-order valence-electron chi connectivity index (χ4n) is 2.96. The van der Waals surface area contributed by atoms with Gasteiger partial charge in [-0.25, -0.2) is 4.99 Å². The smallest absolute Gasteiger partial charge is 0.192 e. The number of benzene rings is 1. The molecule has 166 valence electrons. The summed E-state index contributed by atoms with van der Waals surface area (Å²) in [5, 5.41) is 17.2. The minimum atomic E-state index is 0. The third kappa shape index (κ3) is 6.93. The van der Waals surface area contributed by atoms with Crippen LogP contribution in [0.2, 0.25) is 0 Å². The standard InChI is InChI=1S/C22H28N6OS.HI/c1-16-26-27-21(28(16)2)14-25-22(24-13-19-7-5-11-30-19)23-12-18-6-3-4-8-20(18)29-15-17-9-10-17;/h3-8,11,17H,9-10,12-15H2,1-2H3,(H2,23,24,25);1H. The molecule has 3 aromatic rings. The highest BCUT2D eigenvalue weighted by molar-refractivity contribution is 14.0. The van der Waals surface area contributed by atoms with Crippen LogP contribution in [0.25, 0.3) is 0 Å². The summed E-state index contributed by atoms with van der Waals surface area (Å²) in [5.74, 6) is 4.14. The van der Waals surface area contributed by atoms with E-state index in [2.05, 4.69) is 44.4 Å². The van der Waals surface area contributed by atoms with Crippen molar-refractivity contribution in [2.75, 3.05) is 6.61 Å². The van der Waals surface area contributed by atoms with Gasteiger partial charge in [0.2, 0.25) is 0 Å². The first kappa shape index (κ1) is 23.5. The van der Waals surface area contributed by atoms with Crippen molar-refractivity contribution in [1.82, 2.24) is 25.4 Å². The van der Waals surface area contributed by atoms with Crippen molar-refractivity contribution in [2.45, 2.75) is 39.4 Å². The van der Waals surface area contributed by atoms with Crippen molar-refractivity contribution in [2.24, 2.45) is 18.0 Å². The lowest BCUT2D eigenvalue weighted by Gasteiger charge is -2.13. The number of aliphatic imine (C=N–C) groups is 1. The van der Waals surface area contributed by atoms with E-state index in [4.69, 9.17) is 9.73 Å². The summed E-state index contributed by atoms with van der Waals surface area (Å²) >= 11 is 1.73. The summed E-state index contributed by atoms with van der Waals surface area (Å²) < 4.78 is 8.01. The maximum atomic E-state index is 6.03. The monoisotopic (exact) mass is 552 g/mol. The third-order valence-corrected chi connectivity index (χ3v) is 6.03. The van der Waals surface area contributed by atoms with Crippen LogP contribution in [-0.4, -0.2) is 27.3 Å². The van der Waals surface area contributed by atoms with E-state index >= 15 is 0 Å². The summed E-state index contributed by atoms with van der Waals surface area (Å²) in [6, 6.07) is 12.3. The van der Waals surface area contributed by atoms with E-state index in [0.717, 1.165) is 48.0 Å². The second-order valence-electron chi connectivity index (χ2n) is 7.54. The maximum absolute atomic E-state index is 6.03. The van der Waals surface area contributed by atoms with Crippen molar-refractivity contribution in [1.29, 1.82) is 0 Å². The fourth-order valence-corrected chi connectivity index (χ4v) is 3.60. The van der Waals surface area contributed by atoms with Crippen LogP contribution in [0.4, 0.5) is 0 Å². The van der Waals surface area contributed by atoms with E-state index in [9.17, 15) is 0 Å². The van der Waals surface area contributed by atoms with Crippen LogP contribution in [0, 0.1) is 12.8 Å². The van der Waals surface area contributed by atoms with E-state index < -0.39 is 0 Å². The molecule has 2 aromatic heterocycles. The molecule has 2 N–H and O–H groups in total. The number of halogens is 1. The van der Waals surface area contributed by atoms with E-state index in [0.29, 0.717) is 13.1 Å². The number of hydrogen-bond donors (Lipinski definition) is 2. The first-order valence-corrected chi connectivity index (χ1v) is 11.2. The largest absolute Gasteiger partial charge is 0.493 e. The molecule has 0 bridgehead atoms. The molecular weight excluding hydrogens is 523 g/mol. The number of thiophene rings is 1. The Hall–Kier alpha value is -2.14. The summed E-state index contributed by atoms with van der Waals surface area (Å²) in [7, 11) is 1.97. The average Bonchev–Trinajstić information content (AvgIpc) is 3.35. The van der Waals surface area contributed by atoms with Crippen molar-refractivity contribution in [3.8, 4) is 5.75 Å². The molecule has 1 aliphatic carbocycles. The van der Waals surface area contributed by atoms with Crippen LogP contribution >= 0.6 is 35.3 Å². The number of guanidine groups is 1. The quantitative estimate of drug-likeness (QED) is 0.238. The molecule has 0 spiro atoms. The number of aromatic nitrogens is 3. The van der Waals surface area contributed by atoms with Crippen LogP contribution in [0.5, 0.6) is 5.75 Å². The Morgan fingerprint density at radius 2 is 1.97 bits per heavy atom. The van der Waals surface area contributed by atoms with Gasteiger partial charge in [0.1, 0.15) is 11.6 Å². The van der Waals surface area contributed by atoms with Crippen LogP contribution in [0.15, 0.2) is 46.8 Å². The second kappa shape index (κ2) is 11.5. The Bertz CT molecular complexity index is 984. The molecule has 0 saturated heterocycles. The average molecular weight is 552 g/mol. The van der Waals surface area contributed by atoms with E-state index in [1.165, 1.54) is 17.7 Å². The first-order valence-electron chi connectivity index (χ1n) is 10.3. The van der Waals surface area contributed by atoms with Crippen LogP contribution < -0.4 is 15.4 Å². The van der Waals surface area contributed by atoms with Crippen molar-refractivity contribution in [3.05, 3.63) is 63.9 Å². The van der Waals surface area contributed by atoms with E-state index in [1.807, 2.05) is 36.7 Å². The number of nitrogens with one attached hydrogen (secondary N) is 2. The Morgan fingerprint density at radius 1 is 1.16 bits per heavy atom. The zero-order chi connectivity index (χ0) is 20.8. The zero-order valence-electron chi connectivity index (χ0n) is 17.9. The van der Waals surface area contributed by atoms with E-state index in [1.54, 1.807) is 11.3 Å². The minimum absolute atomic E-state index is 0. The summed E-state index contributed by atoms with van der Waals surface area (Å²) in [6.45, 7) is 4.56. The molecular formula is C22H29IN6OS. The van der Waals surface area contributed by atoms with Gasteiger partial charge in [0.05, 0.1) is 26.2 Å². The Balaban J connectivity index is 0.00000272. The molecule has 1 saturated carbocycles. The van der Waals surface area contributed by atoms with Gasteiger partial charge >= 0.3 is 0 Å². The second-order valence-corrected chi connectivity index (χ2v) is 8.57. The Kier molecular flexibility index (Phi) is 8.70. The number of aryl methyl sites for hydroxylation is 1. The van der Waals surface area contributed by atoms with Crippen molar-refractivity contribution in [3.63, 3.8) is 0 Å². The Labute approximate surface area is 204 Å². The molecule has 31 heavy (non-hydrogen) atoms. The lowest BCUT2D eigenvalue weighted by molar-refractivity contribution is 0.297. The lowest BCUT2D eigenvalue weighted by Crippen LogP contribution is -2.37. The summed E-state index contributed by atoms with van der Waals surface area (Å²) in [6.07, 6.45) is 2.56. The van der Waals surface area contributed by atoms with Gasteiger partial charge in [-0.05, 0) is 43.2 Å². The molecule has 0 atom stereocenters. The SMILES string of the molecule is Cc1nnc(CNC(=NCc2ccccc2OCC2CC2)NCc2cccs2)n1C.I. The minimum Gasteiger partial charge on any atom is -0.493 e. The van der Waals surface area contributed by atoms with Gasteiger partial charge < -0.3 is 19.9 Å². The summed E-state index contributed by atoms with van der Waals surface area (Å²) in [5.41, 5.74) is 1.09. The number of para-hydroxylation sites is 1. The molecule has 4 rings (SSSR count). The Morgan fingerprint density at radius 3 is 2.68 bits per heavy atom. The predicted octanol–water partition coefficient (Wildman–Crippen LogP) is 4.03. The molecule has 9 heteroatoms. The number of nitrogens with zero attached hydrogens (tertiary/aromatic N) is 4. The molecule has 7 nitrogen and oxygen atoms in total. The summed E-state index contributed by atoms with van der Waals surface area (Å²) in [4.78, 5) is 6.07. The van der Waals surface area contributed by atoms with Gasteiger partial charge in [0.25, 0.3) is 0 Å². The van der Waals surface area contributed by atoms with Crippen LogP contribution in [0.3, 0.4) is 0 Å². The number of rotatable bonds is 9. The third-order valence-electron chi connectivity index (χ3n) is 5.16. The highest BCUT2D eigenvalue weighted by Crippen LogP contribution is 2.30. The molecule has 0 radical (unpaired) electrons. The van der Waals surface area contributed by atoms with Gasteiger partial charge in [-0.2, -0.15) is 0 Å². The van der Waals surface area contributed by atoms with Crippen LogP contribution in [0.1, 0.15) is 34.9 Å². The van der Waals surface area contributed by atoms with Gasteiger partial charge in [-0.1, -0.05) is 24.3 Å². The van der Waals surface area contributed by atoms with Gasteiger partial charge in [-0.3, -0.25) is 0 Å². The topological polar surface area (TPSA) is 76.4 Å². The molecule has 1 fully saturated rings. The molecule has 0 unspecified atom stereocenters. The first-order chi connectivity index (χ1) is 14.7. The van der Waals surface area contributed by atoms with Crippen molar-refractivity contribution < 1.29 is 4.74 Å². The zero-order valence-corrected chi connectivity index (χ0v) is 21.0. The normalized spacial score (nSPS) is 13.5. The molecule has 0 aliphatic heterocycles. The van der Waals surface area contributed by atoms with E-state index in [-0.39, 0.29) is 24.0 Å². The number of hydrogen-bond acceptors (Lipinski definition) is 5. The van der Waals surface area contributed by atoms with Crippen LogP contribution in [-0.2, 0) is 26.7 Å². The molecule has 2 heterocycles. The molecule has 1 aromatic carbocycles. The fraction of sp³-hybridized carbons (Fsp3) is 0.409. The van der Waals surface area contributed by atoms with Gasteiger partial charge in [-0.15, -0.1) is 45.5 Å². The van der Waals surface area contributed by atoms with Gasteiger partial charge in [0.15, 0.2) is 11.8 Å². The number of ether oxygens (including phenoxy) is 1.